The number of piperazine rings is 1. The van der Waals surface area contributed by atoms with Crippen molar-refractivity contribution in [3.05, 3.63) is 59.9 Å². The second-order valence-electron chi connectivity index (χ2n) is 6.70. The summed E-state index contributed by atoms with van der Waals surface area (Å²) in [4.78, 5) is 2.39. The van der Waals surface area contributed by atoms with Gasteiger partial charge in [0.2, 0.25) is 0 Å². The Labute approximate surface area is 143 Å². The maximum atomic E-state index is 13.0. The van der Waals surface area contributed by atoms with Crippen molar-refractivity contribution < 1.29 is 9.50 Å². The molecule has 1 saturated heterocycles. The number of halogens is 1. The highest BCUT2D eigenvalue weighted by atomic mass is 19.1. The Hall–Kier alpha value is -1.75. The molecule has 0 aliphatic carbocycles. The quantitative estimate of drug-likeness (QED) is 0.886. The third-order valence-electron chi connectivity index (χ3n) is 4.81. The molecular formula is C20H25FN2O. The molecule has 2 aromatic rings. The highest BCUT2D eigenvalue weighted by molar-refractivity contribution is 5.63. The van der Waals surface area contributed by atoms with E-state index in [1.54, 1.807) is 12.1 Å². The number of hydrogen-bond donors (Lipinski definition) is 2. The van der Waals surface area contributed by atoms with Gasteiger partial charge in [-0.2, -0.15) is 0 Å². The predicted octanol–water partition coefficient (Wildman–Crippen LogP) is 3.00. The SMILES string of the molecule is CC(O)(CCN1CCNCC1)c1ccc(-c2ccc(F)cc2)cc1. The maximum Gasteiger partial charge on any atom is 0.123 e. The van der Waals surface area contributed by atoms with E-state index in [0.29, 0.717) is 6.42 Å². The lowest BCUT2D eigenvalue weighted by Crippen LogP contribution is -2.45. The summed E-state index contributed by atoms with van der Waals surface area (Å²) in [6, 6.07) is 14.4. The number of benzene rings is 2. The van der Waals surface area contributed by atoms with Crippen molar-refractivity contribution >= 4 is 0 Å². The van der Waals surface area contributed by atoms with Gasteiger partial charge < -0.3 is 15.3 Å². The van der Waals surface area contributed by atoms with E-state index in [2.05, 4.69) is 10.2 Å². The van der Waals surface area contributed by atoms with Crippen LogP contribution in [0.15, 0.2) is 48.5 Å². The Balaban J connectivity index is 1.65. The molecule has 3 rings (SSSR count). The topological polar surface area (TPSA) is 35.5 Å². The summed E-state index contributed by atoms with van der Waals surface area (Å²) < 4.78 is 13.0. The molecule has 1 atom stereocenters. The van der Waals surface area contributed by atoms with Gasteiger partial charge in [0.15, 0.2) is 0 Å². The average Bonchev–Trinajstić information content (AvgIpc) is 2.62. The summed E-state index contributed by atoms with van der Waals surface area (Å²) in [6.07, 6.45) is 0.711. The van der Waals surface area contributed by atoms with Crippen LogP contribution in [0.5, 0.6) is 0 Å². The van der Waals surface area contributed by atoms with E-state index in [1.807, 2.05) is 31.2 Å². The standard InChI is InChI=1S/C20H25FN2O/c1-20(24,10-13-23-14-11-22-12-15-23)18-6-2-16(3-7-18)17-4-8-19(21)9-5-17/h2-9,22,24H,10-15H2,1H3. The van der Waals surface area contributed by atoms with Crippen molar-refractivity contribution in [1.29, 1.82) is 0 Å². The zero-order valence-corrected chi connectivity index (χ0v) is 14.1. The number of nitrogens with zero attached hydrogens (tertiary/aromatic N) is 1. The average molecular weight is 328 g/mol. The fourth-order valence-electron chi connectivity index (χ4n) is 3.12. The van der Waals surface area contributed by atoms with Gasteiger partial charge in [0.25, 0.3) is 0 Å². The first kappa shape index (κ1) is 17.1. The number of nitrogens with one attached hydrogen (secondary N) is 1. The lowest BCUT2D eigenvalue weighted by Gasteiger charge is -2.31. The molecule has 1 fully saturated rings. The fourth-order valence-corrected chi connectivity index (χ4v) is 3.12. The molecule has 1 aliphatic heterocycles. The molecule has 1 aliphatic rings. The molecule has 2 aromatic carbocycles. The van der Waals surface area contributed by atoms with Gasteiger partial charge in [-0.15, -0.1) is 0 Å². The van der Waals surface area contributed by atoms with Crippen molar-refractivity contribution in [3.8, 4) is 11.1 Å². The normalized spacial score (nSPS) is 18.3. The van der Waals surface area contributed by atoms with Crippen LogP contribution in [-0.2, 0) is 5.60 Å². The molecule has 0 spiro atoms. The van der Waals surface area contributed by atoms with Crippen molar-refractivity contribution in [1.82, 2.24) is 10.2 Å². The molecule has 24 heavy (non-hydrogen) atoms. The summed E-state index contributed by atoms with van der Waals surface area (Å²) >= 11 is 0. The van der Waals surface area contributed by atoms with E-state index in [-0.39, 0.29) is 5.82 Å². The second kappa shape index (κ2) is 7.43. The summed E-state index contributed by atoms with van der Waals surface area (Å²) in [7, 11) is 0. The van der Waals surface area contributed by atoms with E-state index in [0.717, 1.165) is 49.4 Å². The first-order valence-corrected chi connectivity index (χ1v) is 8.56. The lowest BCUT2D eigenvalue weighted by molar-refractivity contribution is 0.0345. The molecule has 0 aromatic heterocycles. The van der Waals surface area contributed by atoms with Crippen LogP contribution in [0.2, 0.25) is 0 Å². The van der Waals surface area contributed by atoms with Crippen LogP contribution >= 0.6 is 0 Å². The molecule has 0 bridgehead atoms. The van der Waals surface area contributed by atoms with E-state index in [4.69, 9.17) is 0 Å². The molecule has 128 valence electrons. The van der Waals surface area contributed by atoms with E-state index in [1.165, 1.54) is 12.1 Å². The van der Waals surface area contributed by atoms with E-state index < -0.39 is 5.60 Å². The highest BCUT2D eigenvalue weighted by Crippen LogP contribution is 2.28. The van der Waals surface area contributed by atoms with Gasteiger partial charge >= 0.3 is 0 Å². The minimum atomic E-state index is -0.841. The summed E-state index contributed by atoms with van der Waals surface area (Å²) in [5.41, 5.74) is 2.08. The van der Waals surface area contributed by atoms with E-state index >= 15 is 0 Å². The predicted molar refractivity (Wildman–Crippen MR) is 95.3 cm³/mol. The minimum Gasteiger partial charge on any atom is -0.385 e. The zero-order chi connectivity index (χ0) is 17.0. The van der Waals surface area contributed by atoms with Gasteiger partial charge in [0.1, 0.15) is 5.82 Å². The Kier molecular flexibility index (Phi) is 5.29. The molecule has 4 heteroatoms. The Morgan fingerprint density at radius 3 is 2.12 bits per heavy atom. The maximum absolute atomic E-state index is 13.0. The van der Waals surface area contributed by atoms with Crippen LogP contribution in [0.3, 0.4) is 0 Å². The van der Waals surface area contributed by atoms with Crippen LogP contribution in [0, 0.1) is 5.82 Å². The van der Waals surface area contributed by atoms with Crippen LogP contribution in [-0.4, -0.2) is 42.7 Å². The van der Waals surface area contributed by atoms with Crippen molar-refractivity contribution in [2.24, 2.45) is 0 Å². The summed E-state index contributed by atoms with van der Waals surface area (Å²) in [6.45, 7) is 6.90. The minimum absolute atomic E-state index is 0.230. The third-order valence-corrected chi connectivity index (χ3v) is 4.81. The molecule has 0 amide bonds. The first-order valence-electron chi connectivity index (χ1n) is 8.56. The zero-order valence-electron chi connectivity index (χ0n) is 14.1. The molecule has 0 radical (unpaired) electrons. The van der Waals surface area contributed by atoms with Gasteiger partial charge in [-0.05, 0) is 42.2 Å². The number of hydrogen-bond acceptors (Lipinski definition) is 3. The highest BCUT2D eigenvalue weighted by Gasteiger charge is 2.24. The van der Waals surface area contributed by atoms with Gasteiger partial charge in [-0.3, -0.25) is 0 Å². The summed E-state index contributed by atoms with van der Waals surface area (Å²) in [5.74, 6) is -0.230. The van der Waals surface area contributed by atoms with Gasteiger partial charge in [-0.25, -0.2) is 4.39 Å². The molecule has 3 nitrogen and oxygen atoms in total. The van der Waals surface area contributed by atoms with Crippen molar-refractivity contribution in [2.75, 3.05) is 32.7 Å². The van der Waals surface area contributed by atoms with Crippen LogP contribution < -0.4 is 5.32 Å². The van der Waals surface area contributed by atoms with Crippen molar-refractivity contribution in [3.63, 3.8) is 0 Å². The Morgan fingerprint density at radius 2 is 1.54 bits per heavy atom. The summed E-state index contributed by atoms with van der Waals surface area (Å²) in [5, 5.41) is 14.2. The van der Waals surface area contributed by atoms with Crippen LogP contribution in [0.1, 0.15) is 18.9 Å². The fraction of sp³-hybridized carbons (Fsp3) is 0.400. The molecule has 0 saturated carbocycles. The molecular weight excluding hydrogens is 303 g/mol. The van der Waals surface area contributed by atoms with Gasteiger partial charge in [-0.1, -0.05) is 36.4 Å². The number of rotatable bonds is 5. The molecule has 2 N–H and O–H groups in total. The van der Waals surface area contributed by atoms with Crippen molar-refractivity contribution in [2.45, 2.75) is 18.9 Å². The Bertz CT molecular complexity index is 646. The van der Waals surface area contributed by atoms with E-state index in [9.17, 15) is 9.50 Å². The number of aliphatic hydroxyl groups is 1. The van der Waals surface area contributed by atoms with Gasteiger partial charge in [0.05, 0.1) is 5.60 Å². The molecule has 1 heterocycles. The third kappa shape index (κ3) is 4.20. The first-order chi connectivity index (χ1) is 11.5. The monoisotopic (exact) mass is 328 g/mol. The van der Waals surface area contributed by atoms with Gasteiger partial charge in [0, 0.05) is 32.7 Å². The smallest absolute Gasteiger partial charge is 0.123 e. The lowest BCUT2D eigenvalue weighted by atomic mass is 9.90. The van der Waals surface area contributed by atoms with Crippen LogP contribution in [0.4, 0.5) is 4.39 Å². The second-order valence-corrected chi connectivity index (χ2v) is 6.70. The Morgan fingerprint density at radius 1 is 1.00 bits per heavy atom. The molecule has 1 unspecified atom stereocenters. The largest absolute Gasteiger partial charge is 0.385 e. The van der Waals surface area contributed by atoms with Crippen LogP contribution in [0.25, 0.3) is 11.1 Å².